The number of aromatic nitrogens is 1. The van der Waals surface area contributed by atoms with Gasteiger partial charge in [0, 0.05) is 31.4 Å². The Morgan fingerprint density at radius 2 is 2.33 bits per heavy atom. The molecule has 1 fully saturated rings. The van der Waals surface area contributed by atoms with Gasteiger partial charge in [0.25, 0.3) is 0 Å². The Bertz CT molecular complexity index is 331. The topological polar surface area (TPSA) is 42.1 Å². The highest BCUT2D eigenvalue weighted by molar-refractivity contribution is 5.47. The third-order valence-electron chi connectivity index (χ3n) is 2.90. The summed E-state index contributed by atoms with van der Waals surface area (Å²) >= 11 is 0. The number of rotatable bonds is 4. The zero-order valence-corrected chi connectivity index (χ0v) is 9.48. The molecule has 0 spiro atoms. The lowest BCUT2D eigenvalue weighted by Gasteiger charge is -2.22. The summed E-state index contributed by atoms with van der Waals surface area (Å²) in [5.41, 5.74) is 7.07. The molecule has 2 N–H and O–H groups in total. The molecule has 0 bridgehead atoms. The molecule has 1 atom stereocenters. The van der Waals surface area contributed by atoms with Crippen LogP contribution in [0.5, 0.6) is 0 Å². The molecule has 0 amide bonds. The minimum absolute atomic E-state index is 0.0513. The van der Waals surface area contributed by atoms with Gasteiger partial charge in [-0.25, -0.2) is 4.98 Å². The summed E-state index contributed by atoms with van der Waals surface area (Å²) < 4.78 is 0. The first kappa shape index (κ1) is 10.4. The highest BCUT2D eigenvalue weighted by Crippen LogP contribution is 2.31. The van der Waals surface area contributed by atoms with Crippen molar-refractivity contribution in [3.05, 3.63) is 23.9 Å². The molecular weight excluding hydrogens is 186 g/mol. The average Bonchev–Trinajstić information content (AvgIpc) is 3.01. The van der Waals surface area contributed by atoms with Gasteiger partial charge in [0.05, 0.1) is 0 Å². The Morgan fingerprint density at radius 3 is 2.93 bits per heavy atom. The fourth-order valence-electron chi connectivity index (χ4n) is 1.86. The number of hydrogen-bond acceptors (Lipinski definition) is 3. The second-order valence-electron chi connectivity index (χ2n) is 4.53. The fraction of sp³-hybridized carbons (Fsp3) is 0.583. The van der Waals surface area contributed by atoms with Crippen LogP contribution in [0.3, 0.4) is 0 Å². The van der Waals surface area contributed by atoms with Gasteiger partial charge in [-0.2, -0.15) is 0 Å². The molecule has 1 heterocycles. The fourth-order valence-corrected chi connectivity index (χ4v) is 1.86. The minimum atomic E-state index is 0.0513. The molecule has 1 aliphatic rings. The van der Waals surface area contributed by atoms with Crippen molar-refractivity contribution in [2.45, 2.75) is 25.8 Å². The van der Waals surface area contributed by atoms with Gasteiger partial charge in [-0.3, -0.25) is 0 Å². The van der Waals surface area contributed by atoms with Crippen LogP contribution in [0.1, 0.15) is 31.4 Å². The van der Waals surface area contributed by atoms with E-state index in [1.165, 1.54) is 12.8 Å². The second kappa shape index (κ2) is 4.19. The Morgan fingerprint density at radius 1 is 1.60 bits per heavy atom. The molecule has 1 aromatic rings. The minimum Gasteiger partial charge on any atom is -0.359 e. The van der Waals surface area contributed by atoms with Gasteiger partial charge in [0.1, 0.15) is 5.82 Å². The van der Waals surface area contributed by atoms with E-state index < -0.39 is 0 Å². The van der Waals surface area contributed by atoms with Crippen molar-refractivity contribution in [1.29, 1.82) is 0 Å². The van der Waals surface area contributed by atoms with Crippen LogP contribution < -0.4 is 10.6 Å². The Hall–Kier alpha value is -1.09. The predicted molar refractivity (Wildman–Crippen MR) is 62.8 cm³/mol. The summed E-state index contributed by atoms with van der Waals surface area (Å²) in [6.45, 7) is 3.11. The van der Waals surface area contributed by atoms with E-state index in [-0.39, 0.29) is 6.04 Å². The maximum absolute atomic E-state index is 5.93. The van der Waals surface area contributed by atoms with E-state index in [1.54, 1.807) is 0 Å². The largest absolute Gasteiger partial charge is 0.359 e. The van der Waals surface area contributed by atoms with E-state index in [0.717, 1.165) is 23.8 Å². The van der Waals surface area contributed by atoms with Crippen LogP contribution in [0.15, 0.2) is 18.3 Å². The van der Waals surface area contributed by atoms with E-state index in [1.807, 2.05) is 19.2 Å². The summed E-state index contributed by atoms with van der Waals surface area (Å²) in [5, 5.41) is 0. The quantitative estimate of drug-likeness (QED) is 0.817. The summed E-state index contributed by atoms with van der Waals surface area (Å²) in [6.07, 6.45) is 4.57. The zero-order valence-electron chi connectivity index (χ0n) is 9.48. The monoisotopic (exact) mass is 205 g/mol. The van der Waals surface area contributed by atoms with Gasteiger partial charge >= 0.3 is 0 Å². The first-order valence-corrected chi connectivity index (χ1v) is 5.60. The lowest BCUT2D eigenvalue weighted by Crippen LogP contribution is -2.24. The number of nitrogens with two attached hydrogens (primary N) is 1. The van der Waals surface area contributed by atoms with E-state index in [0.29, 0.717) is 0 Å². The first-order valence-electron chi connectivity index (χ1n) is 5.60. The summed E-state index contributed by atoms with van der Waals surface area (Å²) in [4.78, 5) is 6.66. The summed E-state index contributed by atoms with van der Waals surface area (Å²) in [5.74, 6) is 1.91. The van der Waals surface area contributed by atoms with Crippen molar-refractivity contribution in [2.24, 2.45) is 11.7 Å². The molecule has 15 heavy (non-hydrogen) atoms. The zero-order chi connectivity index (χ0) is 10.8. The van der Waals surface area contributed by atoms with Crippen LogP contribution in [-0.2, 0) is 0 Å². The molecular formula is C12H19N3. The Kier molecular flexibility index (Phi) is 2.91. The molecule has 0 aromatic carbocycles. The molecule has 82 valence electrons. The highest BCUT2D eigenvalue weighted by Gasteiger charge is 2.24. The molecule has 1 aliphatic carbocycles. The third kappa shape index (κ3) is 2.48. The van der Waals surface area contributed by atoms with Crippen LogP contribution in [0, 0.1) is 5.92 Å². The van der Waals surface area contributed by atoms with Crippen molar-refractivity contribution in [2.75, 3.05) is 18.5 Å². The molecule has 2 rings (SSSR count). The second-order valence-corrected chi connectivity index (χ2v) is 4.53. The van der Waals surface area contributed by atoms with Crippen molar-refractivity contribution in [3.63, 3.8) is 0 Å². The van der Waals surface area contributed by atoms with Crippen LogP contribution in [0.2, 0.25) is 0 Å². The lowest BCUT2D eigenvalue weighted by atomic mass is 10.1. The van der Waals surface area contributed by atoms with E-state index >= 15 is 0 Å². The van der Waals surface area contributed by atoms with Crippen LogP contribution in [0.4, 0.5) is 5.82 Å². The smallest absolute Gasteiger partial charge is 0.133 e. The SMILES string of the molecule is C[C@H](N)c1cccnc1N(C)CC1CC1. The van der Waals surface area contributed by atoms with Crippen LogP contribution >= 0.6 is 0 Å². The Labute approximate surface area is 91.3 Å². The molecule has 0 aliphatic heterocycles. The first-order chi connectivity index (χ1) is 7.18. The number of pyridine rings is 1. The number of anilines is 1. The molecule has 0 radical (unpaired) electrons. The lowest BCUT2D eigenvalue weighted by molar-refractivity contribution is 0.749. The molecule has 1 aromatic heterocycles. The molecule has 0 unspecified atom stereocenters. The normalized spacial score (nSPS) is 17.5. The molecule has 1 saturated carbocycles. The predicted octanol–water partition coefficient (Wildman–Crippen LogP) is 1.95. The molecule has 3 heteroatoms. The van der Waals surface area contributed by atoms with E-state index in [9.17, 15) is 0 Å². The van der Waals surface area contributed by atoms with Crippen molar-refractivity contribution in [1.82, 2.24) is 4.98 Å². The maximum Gasteiger partial charge on any atom is 0.133 e. The highest BCUT2D eigenvalue weighted by atomic mass is 15.2. The summed E-state index contributed by atoms with van der Waals surface area (Å²) in [7, 11) is 2.10. The average molecular weight is 205 g/mol. The van der Waals surface area contributed by atoms with Gasteiger partial charge in [0.15, 0.2) is 0 Å². The van der Waals surface area contributed by atoms with Gasteiger partial charge in [-0.1, -0.05) is 6.07 Å². The van der Waals surface area contributed by atoms with E-state index in [4.69, 9.17) is 5.73 Å². The van der Waals surface area contributed by atoms with Gasteiger partial charge < -0.3 is 10.6 Å². The number of hydrogen-bond donors (Lipinski definition) is 1. The molecule has 3 nitrogen and oxygen atoms in total. The van der Waals surface area contributed by atoms with Crippen molar-refractivity contribution in [3.8, 4) is 0 Å². The van der Waals surface area contributed by atoms with Gasteiger partial charge in [-0.05, 0) is 31.7 Å². The maximum atomic E-state index is 5.93. The van der Waals surface area contributed by atoms with Crippen LogP contribution in [-0.4, -0.2) is 18.6 Å². The number of nitrogens with zero attached hydrogens (tertiary/aromatic N) is 2. The van der Waals surface area contributed by atoms with E-state index in [2.05, 4.69) is 23.0 Å². The van der Waals surface area contributed by atoms with Crippen LogP contribution in [0.25, 0.3) is 0 Å². The third-order valence-corrected chi connectivity index (χ3v) is 2.90. The van der Waals surface area contributed by atoms with Gasteiger partial charge in [-0.15, -0.1) is 0 Å². The van der Waals surface area contributed by atoms with Crippen molar-refractivity contribution >= 4 is 5.82 Å². The standard InChI is InChI=1S/C12H19N3/c1-9(13)11-4-3-7-14-12(11)15(2)8-10-5-6-10/h3-4,7,9-10H,5-6,8,13H2,1-2H3/t9-/m0/s1. The molecule has 0 saturated heterocycles. The summed E-state index contributed by atoms with van der Waals surface area (Å²) in [6, 6.07) is 4.07. The van der Waals surface area contributed by atoms with Crippen molar-refractivity contribution < 1.29 is 0 Å². The Balaban J connectivity index is 2.16. The van der Waals surface area contributed by atoms with Gasteiger partial charge in [0.2, 0.25) is 0 Å².